The van der Waals surface area contributed by atoms with Crippen LogP contribution in [0.1, 0.15) is 17.3 Å². The molecule has 1 aliphatic rings. The van der Waals surface area contributed by atoms with Gasteiger partial charge in [0.2, 0.25) is 0 Å². The maximum absolute atomic E-state index is 12.3. The van der Waals surface area contributed by atoms with Crippen LogP contribution in [0.25, 0.3) is 0 Å². The van der Waals surface area contributed by atoms with Crippen molar-refractivity contribution < 1.29 is 14.6 Å². The molecule has 1 heterocycles. The van der Waals surface area contributed by atoms with Crippen LogP contribution in [-0.4, -0.2) is 46.3 Å². The molecule has 0 aliphatic carbocycles. The molecule has 1 aromatic carbocycles. The number of non-ortho nitro benzene ring substituents is 2. The molecule has 0 bridgehead atoms. The van der Waals surface area contributed by atoms with E-state index in [-0.39, 0.29) is 11.6 Å². The molecule has 0 spiro atoms. The van der Waals surface area contributed by atoms with Gasteiger partial charge in [-0.15, -0.1) is 0 Å². The Labute approximate surface area is 119 Å². The summed E-state index contributed by atoms with van der Waals surface area (Å²) in [5, 5.41) is 24.8. The molecule has 1 saturated heterocycles. The quantitative estimate of drug-likeness (QED) is 0.654. The number of nitro benzene ring substituents is 2. The number of nitrogens with one attached hydrogen (secondary N) is 1. The molecular formula is C12H14N4O5. The van der Waals surface area contributed by atoms with Gasteiger partial charge in [0.25, 0.3) is 17.3 Å². The van der Waals surface area contributed by atoms with Crippen molar-refractivity contribution in [2.75, 3.05) is 19.6 Å². The van der Waals surface area contributed by atoms with E-state index in [1.165, 1.54) is 4.90 Å². The number of carbonyl (C=O) groups excluding carboxylic acids is 1. The van der Waals surface area contributed by atoms with E-state index in [2.05, 4.69) is 5.32 Å². The van der Waals surface area contributed by atoms with E-state index < -0.39 is 27.1 Å². The molecule has 112 valence electrons. The summed E-state index contributed by atoms with van der Waals surface area (Å²) in [6.07, 6.45) is 0. The molecule has 0 unspecified atom stereocenters. The third-order valence-electron chi connectivity index (χ3n) is 3.23. The summed E-state index contributed by atoms with van der Waals surface area (Å²) in [6, 6.07) is 3.10. The summed E-state index contributed by atoms with van der Waals surface area (Å²) in [5.74, 6) is -0.435. The van der Waals surface area contributed by atoms with Gasteiger partial charge in [-0.1, -0.05) is 0 Å². The highest BCUT2D eigenvalue weighted by molar-refractivity contribution is 5.95. The fraction of sp³-hybridized carbons (Fsp3) is 0.417. The first-order valence-electron chi connectivity index (χ1n) is 6.35. The second-order valence-corrected chi connectivity index (χ2v) is 4.86. The molecule has 1 N–H and O–H groups in total. The summed E-state index contributed by atoms with van der Waals surface area (Å²) >= 11 is 0. The van der Waals surface area contributed by atoms with Crippen molar-refractivity contribution in [2.45, 2.75) is 13.0 Å². The lowest BCUT2D eigenvalue weighted by atomic mass is 10.1. The molecule has 1 atom stereocenters. The van der Waals surface area contributed by atoms with Crippen LogP contribution in [0.5, 0.6) is 0 Å². The molecular weight excluding hydrogens is 280 g/mol. The number of nitrogens with zero attached hydrogens (tertiary/aromatic N) is 3. The van der Waals surface area contributed by atoms with Crippen molar-refractivity contribution in [3.63, 3.8) is 0 Å². The molecule has 9 heteroatoms. The summed E-state index contributed by atoms with van der Waals surface area (Å²) in [4.78, 5) is 34.0. The fourth-order valence-corrected chi connectivity index (χ4v) is 2.23. The lowest BCUT2D eigenvalue weighted by molar-refractivity contribution is -0.394. The lowest BCUT2D eigenvalue weighted by Gasteiger charge is -2.31. The van der Waals surface area contributed by atoms with Crippen LogP contribution in [-0.2, 0) is 0 Å². The van der Waals surface area contributed by atoms with E-state index in [0.29, 0.717) is 19.6 Å². The summed E-state index contributed by atoms with van der Waals surface area (Å²) in [6.45, 7) is 3.44. The molecule has 1 fully saturated rings. The molecule has 9 nitrogen and oxygen atoms in total. The van der Waals surface area contributed by atoms with E-state index in [1.54, 1.807) is 0 Å². The van der Waals surface area contributed by atoms with Crippen LogP contribution in [0, 0.1) is 20.2 Å². The predicted octanol–water partition coefficient (Wildman–Crippen LogP) is 0.937. The third-order valence-corrected chi connectivity index (χ3v) is 3.23. The Morgan fingerprint density at radius 2 is 1.81 bits per heavy atom. The molecule has 0 radical (unpaired) electrons. The number of nitro groups is 2. The van der Waals surface area contributed by atoms with Crippen LogP contribution >= 0.6 is 0 Å². The lowest BCUT2D eigenvalue weighted by Crippen LogP contribution is -2.51. The van der Waals surface area contributed by atoms with Crippen molar-refractivity contribution in [2.24, 2.45) is 0 Å². The molecule has 1 amide bonds. The molecule has 0 aromatic heterocycles. The van der Waals surface area contributed by atoms with E-state index in [1.807, 2.05) is 6.92 Å². The Bertz CT molecular complexity index is 571. The summed E-state index contributed by atoms with van der Waals surface area (Å²) in [7, 11) is 0. The van der Waals surface area contributed by atoms with Crippen molar-refractivity contribution in [3.05, 3.63) is 44.0 Å². The van der Waals surface area contributed by atoms with Gasteiger partial charge in [0.15, 0.2) is 0 Å². The van der Waals surface area contributed by atoms with Crippen LogP contribution in [0.3, 0.4) is 0 Å². The normalized spacial score (nSPS) is 18.3. The van der Waals surface area contributed by atoms with E-state index in [9.17, 15) is 25.0 Å². The van der Waals surface area contributed by atoms with Crippen molar-refractivity contribution in [3.8, 4) is 0 Å². The SMILES string of the molecule is C[C@@H]1CN(C(=O)c2cc([N+](=O)[O-])cc([N+](=O)[O-])c2)CCN1. The van der Waals surface area contributed by atoms with Crippen LogP contribution in [0.4, 0.5) is 11.4 Å². The predicted molar refractivity (Wildman–Crippen MR) is 73.1 cm³/mol. The van der Waals surface area contributed by atoms with Crippen LogP contribution in [0.15, 0.2) is 18.2 Å². The Morgan fingerprint density at radius 3 is 2.29 bits per heavy atom. The zero-order valence-corrected chi connectivity index (χ0v) is 11.3. The number of carbonyl (C=O) groups is 1. The van der Waals surface area contributed by atoms with Gasteiger partial charge in [0.05, 0.1) is 21.5 Å². The first-order chi connectivity index (χ1) is 9.88. The van der Waals surface area contributed by atoms with Gasteiger partial charge >= 0.3 is 0 Å². The highest BCUT2D eigenvalue weighted by Gasteiger charge is 2.25. The average Bonchev–Trinajstić information content (AvgIpc) is 2.45. The number of benzene rings is 1. The Kier molecular flexibility index (Phi) is 4.13. The van der Waals surface area contributed by atoms with Gasteiger partial charge in [-0.25, -0.2) is 0 Å². The van der Waals surface area contributed by atoms with E-state index >= 15 is 0 Å². The standard InChI is InChI=1S/C12H14N4O5/c1-8-7-14(3-2-13-8)12(17)9-4-10(15(18)19)6-11(5-9)16(20)21/h4-6,8,13H,2-3,7H2,1H3/t8-/m1/s1. The molecule has 21 heavy (non-hydrogen) atoms. The van der Waals surface area contributed by atoms with Gasteiger partial charge < -0.3 is 10.2 Å². The minimum absolute atomic E-state index is 0.0370. The van der Waals surface area contributed by atoms with Crippen LogP contribution < -0.4 is 5.32 Å². The largest absolute Gasteiger partial charge is 0.336 e. The highest BCUT2D eigenvalue weighted by Crippen LogP contribution is 2.23. The van der Waals surface area contributed by atoms with E-state index in [4.69, 9.17) is 0 Å². The molecule has 0 saturated carbocycles. The number of hydrogen-bond acceptors (Lipinski definition) is 6. The second-order valence-electron chi connectivity index (χ2n) is 4.86. The maximum Gasteiger partial charge on any atom is 0.277 e. The Hall–Kier alpha value is -2.55. The number of piperazine rings is 1. The Morgan fingerprint density at radius 1 is 1.24 bits per heavy atom. The van der Waals surface area contributed by atoms with Crippen LogP contribution in [0.2, 0.25) is 0 Å². The number of rotatable bonds is 3. The van der Waals surface area contributed by atoms with Crippen molar-refractivity contribution >= 4 is 17.3 Å². The molecule has 1 aliphatic heterocycles. The minimum atomic E-state index is -0.746. The average molecular weight is 294 g/mol. The first-order valence-corrected chi connectivity index (χ1v) is 6.35. The molecule has 2 rings (SSSR count). The highest BCUT2D eigenvalue weighted by atomic mass is 16.6. The smallest absolute Gasteiger partial charge is 0.277 e. The fourth-order valence-electron chi connectivity index (χ4n) is 2.23. The van der Waals surface area contributed by atoms with Crippen molar-refractivity contribution in [1.82, 2.24) is 10.2 Å². The van der Waals surface area contributed by atoms with Gasteiger partial charge in [0, 0.05) is 37.8 Å². The zero-order chi connectivity index (χ0) is 15.6. The van der Waals surface area contributed by atoms with Gasteiger partial charge in [-0.3, -0.25) is 25.0 Å². The molecule has 1 aromatic rings. The summed E-state index contributed by atoms with van der Waals surface area (Å²) in [5.41, 5.74) is -0.962. The zero-order valence-electron chi connectivity index (χ0n) is 11.3. The number of amides is 1. The summed E-state index contributed by atoms with van der Waals surface area (Å²) < 4.78 is 0. The Balaban J connectivity index is 2.35. The maximum atomic E-state index is 12.3. The topological polar surface area (TPSA) is 119 Å². The monoisotopic (exact) mass is 294 g/mol. The van der Waals surface area contributed by atoms with Gasteiger partial charge in [-0.05, 0) is 6.92 Å². The van der Waals surface area contributed by atoms with E-state index in [0.717, 1.165) is 18.2 Å². The van der Waals surface area contributed by atoms with Gasteiger partial charge in [-0.2, -0.15) is 0 Å². The third kappa shape index (κ3) is 3.31. The second kappa shape index (κ2) is 5.83. The minimum Gasteiger partial charge on any atom is -0.336 e. The van der Waals surface area contributed by atoms with Gasteiger partial charge in [0.1, 0.15) is 0 Å². The van der Waals surface area contributed by atoms with Crippen molar-refractivity contribution in [1.29, 1.82) is 0 Å². The number of hydrogen-bond donors (Lipinski definition) is 1. The first kappa shape index (κ1) is 14.9.